The van der Waals surface area contributed by atoms with Gasteiger partial charge in [-0.3, -0.25) is 5.32 Å². The summed E-state index contributed by atoms with van der Waals surface area (Å²) in [6.07, 6.45) is 4.09. The number of nitrogens with one attached hydrogen (secondary N) is 1. The maximum Gasteiger partial charge on any atom is 0.138 e. The van der Waals surface area contributed by atoms with Crippen LogP contribution in [0.25, 0.3) is 0 Å². The molecule has 1 heterocycles. The number of imidazole rings is 1. The summed E-state index contributed by atoms with van der Waals surface area (Å²) >= 11 is 0. The predicted octanol–water partition coefficient (Wildman–Crippen LogP) is 1.00. The Morgan fingerprint density at radius 2 is 2.38 bits per heavy atom. The second-order valence-electron chi connectivity index (χ2n) is 3.91. The van der Waals surface area contributed by atoms with Gasteiger partial charge < -0.3 is 9.67 Å². The van der Waals surface area contributed by atoms with Crippen molar-refractivity contribution >= 4 is 0 Å². The largest absolute Gasteiger partial charge is 0.396 e. The van der Waals surface area contributed by atoms with E-state index in [0.29, 0.717) is 13.0 Å². The van der Waals surface area contributed by atoms with Gasteiger partial charge in [0, 0.05) is 12.6 Å². The van der Waals surface area contributed by atoms with Gasteiger partial charge in [-0.2, -0.15) is 5.26 Å². The lowest BCUT2D eigenvalue weighted by molar-refractivity contribution is 0.284. The molecule has 16 heavy (non-hydrogen) atoms. The van der Waals surface area contributed by atoms with E-state index in [1.807, 2.05) is 18.4 Å². The predicted molar refractivity (Wildman–Crippen MR) is 60.7 cm³/mol. The van der Waals surface area contributed by atoms with Gasteiger partial charge in [-0.15, -0.1) is 0 Å². The standard InChI is InChI=1S/C11H18N4O/c1-9(2)15-8-13-7-11(15)10(6-12)14-4-3-5-16/h7-10,14,16H,3-5H2,1-2H3. The molecule has 5 nitrogen and oxygen atoms in total. The average Bonchev–Trinajstić information content (AvgIpc) is 2.73. The summed E-state index contributed by atoms with van der Waals surface area (Å²) in [7, 11) is 0. The van der Waals surface area contributed by atoms with Gasteiger partial charge in [0.05, 0.1) is 24.3 Å². The Morgan fingerprint density at radius 3 is 2.94 bits per heavy atom. The monoisotopic (exact) mass is 222 g/mol. The quantitative estimate of drug-likeness (QED) is 0.704. The molecule has 0 radical (unpaired) electrons. The molecule has 0 aliphatic rings. The lowest BCUT2D eigenvalue weighted by Gasteiger charge is -2.16. The second-order valence-corrected chi connectivity index (χ2v) is 3.91. The van der Waals surface area contributed by atoms with Crippen molar-refractivity contribution in [1.82, 2.24) is 14.9 Å². The van der Waals surface area contributed by atoms with Gasteiger partial charge in [0.1, 0.15) is 6.04 Å². The van der Waals surface area contributed by atoms with Gasteiger partial charge in [-0.25, -0.2) is 4.98 Å². The summed E-state index contributed by atoms with van der Waals surface area (Å²) in [6.45, 7) is 4.85. The highest BCUT2D eigenvalue weighted by molar-refractivity contribution is 5.14. The maximum absolute atomic E-state index is 9.09. The van der Waals surface area contributed by atoms with Crippen LogP contribution >= 0.6 is 0 Å². The van der Waals surface area contributed by atoms with Gasteiger partial charge in [0.15, 0.2) is 0 Å². The van der Waals surface area contributed by atoms with Crippen LogP contribution in [-0.2, 0) is 0 Å². The third kappa shape index (κ3) is 3.05. The lowest BCUT2D eigenvalue weighted by Crippen LogP contribution is -2.24. The SMILES string of the molecule is CC(C)n1cncc1C(C#N)NCCCO. The summed E-state index contributed by atoms with van der Waals surface area (Å²) in [6, 6.07) is 2.13. The number of rotatable bonds is 6. The van der Waals surface area contributed by atoms with Gasteiger partial charge >= 0.3 is 0 Å². The van der Waals surface area contributed by atoms with E-state index in [9.17, 15) is 0 Å². The van der Waals surface area contributed by atoms with E-state index in [4.69, 9.17) is 10.4 Å². The fourth-order valence-corrected chi connectivity index (χ4v) is 1.51. The molecule has 0 bridgehead atoms. The summed E-state index contributed by atoms with van der Waals surface area (Å²) in [5.74, 6) is 0. The number of aliphatic hydroxyl groups is 1. The van der Waals surface area contributed by atoms with Crippen LogP contribution < -0.4 is 5.32 Å². The van der Waals surface area contributed by atoms with E-state index in [0.717, 1.165) is 5.69 Å². The highest BCUT2D eigenvalue weighted by Gasteiger charge is 2.15. The Balaban J connectivity index is 2.72. The smallest absolute Gasteiger partial charge is 0.138 e. The molecule has 0 saturated heterocycles. The van der Waals surface area contributed by atoms with Crippen LogP contribution in [0.2, 0.25) is 0 Å². The Morgan fingerprint density at radius 1 is 1.62 bits per heavy atom. The fraction of sp³-hybridized carbons (Fsp3) is 0.636. The number of hydrogen-bond donors (Lipinski definition) is 2. The summed E-state index contributed by atoms with van der Waals surface area (Å²) in [5, 5.41) is 20.9. The van der Waals surface area contributed by atoms with Crippen molar-refractivity contribution in [1.29, 1.82) is 5.26 Å². The maximum atomic E-state index is 9.09. The minimum atomic E-state index is -0.364. The zero-order valence-corrected chi connectivity index (χ0v) is 9.72. The molecule has 1 rings (SSSR count). The van der Waals surface area contributed by atoms with Gasteiger partial charge in [-0.1, -0.05) is 0 Å². The van der Waals surface area contributed by atoms with Crippen LogP contribution in [0.5, 0.6) is 0 Å². The van der Waals surface area contributed by atoms with E-state index in [1.165, 1.54) is 0 Å². The highest BCUT2D eigenvalue weighted by atomic mass is 16.3. The van der Waals surface area contributed by atoms with E-state index in [-0.39, 0.29) is 18.7 Å². The molecule has 0 spiro atoms. The molecule has 0 aromatic carbocycles. The molecule has 0 saturated carbocycles. The molecular weight excluding hydrogens is 204 g/mol. The second kappa shape index (κ2) is 6.26. The number of aromatic nitrogens is 2. The Hall–Kier alpha value is -1.38. The van der Waals surface area contributed by atoms with Gasteiger partial charge in [0.25, 0.3) is 0 Å². The summed E-state index contributed by atoms with van der Waals surface area (Å²) in [4.78, 5) is 4.06. The van der Waals surface area contributed by atoms with E-state index < -0.39 is 0 Å². The fourth-order valence-electron chi connectivity index (χ4n) is 1.51. The van der Waals surface area contributed by atoms with Crippen molar-refractivity contribution in [2.45, 2.75) is 32.4 Å². The molecule has 0 fully saturated rings. The van der Waals surface area contributed by atoms with Gasteiger partial charge in [-0.05, 0) is 26.8 Å². The molecule has 0 amide bonds. The highest BCUT2D eigenvalue weighted by Crippen LogP contribution is 2.16. The normalized spacial score (nSPS) is 12.7. The first kappa shape index (κ1) is 12.7. The third-order valence-electron chi connectivity index (χ3n) is 2.36. The van der Waals surface area contributed by atoms with Crippen LogP contribution in [0.4, 0.5) is 0 Å². The van der Waals surface area contributed by atoms with Crippen molar-refractivity contribution in [2.75, 3.05) is 13.2 Å². The van der Waals surface area contributed by atoms with Gasteiger partial charge in [0.2, 0.25) is 0 Å². The van der Waals surface area contributed by atoms with Crippen molar-refractivity contribution < 1.29 is 5.11 Å². The molecular formula is C11H18N4O. The van der Waals surface area contributed by atoms with Crippen LogP contribution in [0, 0.1) is 11.3 Å². The zero-order valence-electron chi connectivity index (χ0n) is 9.72. The Kier molecular flexibility index (Phi) is 4.96. The van der Waals surface area contributed by atoms with Crippen LogP contribution in [0.3, 0.4) is 0 Å². The molecule has 1 unspecified atom stereocenters. The lowest BCUT2D eigenvalue weighted by atomic mass is 10.2. The minimum Gasteiger partial charge on any atom is -0.396 e. The van der Waals surface area contributed by atoms with E-state index in [2.05, 4.69) is 16.4 Å². The van der Waals surface area contributed by atoms with E-state index in [1.54, 1.807) is 12.5 Å². The number of hydrogen-bond acceptors (Lipinski definition) is 4. The molecule has 5 heteroatoms. The Labute approximate surface area is 95.7 Å². The molecule has 1 aromatic rings. The molecule has 88 valence electrons. The first-order valence-electron chi connectivity index (χ1n) is 5.46. The summed E-state index contributed by atoms with van der Waals surface area (Å²) in [5.41, 5.74) is 0.871. The number of aliphatic hydroxyl groups excluding tert-OH is 1. The first-order chi connectivity index (χ1) is 7.70. The first-order valence-corrected chi connectivity index (χ1v) is 5.46. The van der Waals surface area contributed by atoms with Crippen molar-refractivity contribution in [3.8, 4) is 6.07 Å². The number of nitrogens with zero attached hydrogens (tertiary/aromatic N) is 3. The van der Waals surface area contributed by atoms with Crippen molar-refractivity contribution in [3.63, 3.8) is 0 Å². The summed E-state index contributed by atoms with van der Waals surface area (Å²) < 4.78 is 1.97. The average molecular weight is 222 g/mol. The Bertz CT molecular complexity index is 353. The minimum absolute atomic E-state index is 0.134. The van der Waals surface area contributed by atoms with E-state index >= 15 is 0 Å². The van der Waals surface area contributed by atoms with Crippen molar-refractivity contribution in [3.05, 3.63) is 18.2 Å². The van der Waals surface area contributed by atoms with Crippen molar-refractivity contribution in [2.24, 2.45) is 0 Å². The molecule has 1 aromatic heterocycles. The molecule has 1 atom stereocenters. The molecule has 0 aliphatic carbocycles. The topological polar surface area (TPSA) is 73.9 Å². The van der Waals surface area contributed by atoms with Crippen LogP contribution in [0.15, 0.2) is 12.5 Å². The molecule has 2 N–H and O–H groups in total. The number of nitriles is 1. The molecule has 0 aliphatic heterocycles. The van der Waals surface area contributed by atoms with Crippen LogP contribution in [-0.4, -0.2) is 27.8 Å². The zero-order chi connectivity index (χ0) is 12.0. The van der Waals surface area contributed by atoms with Crippen LogP contribution in [0.1, 0.15) is 38.0 Å². The third-order valence-corrected chi connectivity index (χ3v) is 2.36.